The highest BCUT2D eigenvalue weighted by molar-refractivity contribution is 8.00. The largest absolute Gasteiger partial charge is 0.378 e. The van der Waals surface area contributed by atoms with E-state index in [1.54, 1.807) is 11.8 Å². The molecule has 1 fully saturated rings. The highest BCUT2D eigenvalue weighted by Crippen LogP contribution is 2.33. The van der Waals surface area contributed by atoms with Crippen LogP contribution >= 0.6 is 35.8 Å². The summed E-state index contributed by atoms with van der Waals surface area (Å²) in [5.74, 6) is 0.614. The van der Waals surface area contributed by atoms with E-state index in [-0.39, 0.29) is 24.4 Å². The average Bonchev–Trinajstić information content (AvgIpc) is 2.67. The van der Waals surface area contributed by atoms with E-state index in [0.717, 1.165) is 53.0 Å². The maximum absolute atomic E-state index is 12.6. The molecular formula is C20H26Cl2N2O2S. The van der Waals surface area contributed by atoms with Gasteiger partial charge in [0.15, 0.2) is 0 Å². The quantitative estimate of drug-likeness (QED) is 0.525. The fourth-order valence-electron chi connectivity index (χ4n) is 3.22. The summed E-state index contributed by atoms with van der Waals surface area (Å²) in [6, 6.07) is 12.0. The molecule has 1 saturated heterocycles. The van der Waals surface area contributed by atoms with Gasteiger partial charge in [0.2, 0.25) is 5.91 Å². The Bertz CT molecular complexity index is 747. The number of likely N-dealkylation sites (tertiary alicyclic amines) is 1. The predicted molar refractivity (Wildman–Crippen MR) is 116 cm³/mol. The topological polar surface area (TPSA) is 55.6 Å². The maximum atomic E-state index is 12.6. The van der Waals surface area contributed by atoms with Crippen LogP contribution in [0.3, 0.4) is 0 Å². The number of rotatable bonds is 7. The van der Waals surface area contributed by atoms with Gasteiger partial charge in [0, 0.05) is 35.0 Å². The second kappa shape index (κ2) is 11.1. The Hall–Kier alpha value is -0.980. The van der Waals surface area contributed by atoms with Crippen molar-refractivity contribution in [1.82, 2.24) is 4.90 Å². The minimum atomic E-state index is 0. The van der Waals surface area contributed by atoms with Gasteiger partial charge in [0.05, 0.1) is 11.9 Å². The fraction of sp³-hybridized carbons (Fsp3) is 0.450. The van der Waals surface area contributed by atoms with Crippen LogP contribution in [0.5, 0.6) is 0 Å². The van der Waals surface area contributed by atoms with Gasteiger partial charge in [0.1, 0.15) is 0 Å². The number of amides is 1. The zero-order chi connectivity index (χ0) is 18.4. The van der Waals surface area contributed by atoms with Crippen LogP contribution in [0.25, 0.3) is 10.8 Å². The van der Waals surface area contributed by atoms with Gasteiger partial charge in [-0.25, -0.2) is 0 Å². The SMILES string of the molecule is Cl.NCCCOC1CCN(C(=O)CSc2cccc3cccc(Cl)c23)CC1. The smallest absolute Gasteiger partial charge is 0.232 e. The van der Waals surface area contributed by atoms with E-state index < -0.39 is 0 Å². The molecular weight excluding hydrogens is 403 g/mol. The summed E-state index contributed by atoms with van der Waals surface area (Å²) < 4.78 is 5.80. The number of halogens is 2. The van der Waals surface area contributed by atoms with Crippen LogP contribution in [-0.4, -0.2) is 48.9 Å². The highest BCUT2D eigenvalue weighted by Gasteiger charge is 2.23. The third kappa shape index (κ3) is 6.00. The van der Waals surface area contributed by atoms with Crippen LogP contribution in [0.1, 0.15) is 19.3 Å². The lowest BCUT2D eigenvalue weighted by Gasteiger charge is -2.32. The van der Waals surface area contributed by atoms with E-state index in [1.165, 1.54) is 0 Å². The molecule has 0 radical (unpaired) electrons. The molecule has 4 nitrogen and oxygen atoms in total. The normalized spacial score (nSPS) is 15.0. The van der Waals surface area contributed by atoms with E-state index in [0.29, 0.717) is 18.9 Å². The van der Waals surface area contributed by atoms with E-state index in [2.05, 4.69) is 0 Å². The van der Waals surface area contributed by atoms with Crippen LogP contribution in [0.15, 0.2) is 41.3 Å². The Morgan fingerprint density at radius 2 is 1.93 bits per heavy atom. The third-order valence-corrected chi connectivity index (χ3v) is 6.02. The van der Waals surface area contributed by atoms with Gasteiger partial charge in [0.25, 0.3) is 0 Å². The van der Waals surface area contributed by atoms with E-state index >= 15 is 0 Å². The molecule has 0 unspecified atom stereocenters. The summed E-state index contributed by atoms with van der Waals surface area (Å²) >= 11 is 7.93. The van der Waals surface area contributed by atoms with Gasteiger partial charge < -0.3 is 15.4 Å². The molecule has 148 valence electrons. The minimum Gasteiger partial charge on any atom is -0.378 e. The molecule has 7 heteroatoms. The number of carbonyl (C=O) groups excluding carboxylic acids is 1. The molecule has 27 heavy (non-hydrogen) atoms. The summed E-state index contributed by atoms with van der Waals surface area (Å²) in [5.41, 5.74) is 5.49. The van der Waals surface area contributed by atoms with Gasteiger partial charge in [-0.1, -0.05) is 35.9 Å². The first-order chi connectivity index (χ1) is 12.7. The van der Waals surface area contributed by atoms with E-state index in [1.807, 2.05) is 41.3 Å². The molecule has 0 atom stereocenters. The number of nitrogens with zero attached hydrogens (tertiary/aromatic N) is 1. The molecule has 1 amide bonds. The van der Waals surface area contributed by atoms with Crippen molar-refractivity contribution in [3.63, 3.8) is 0 Å². The molecule has 0 spiro atoms. The molecule has 1 aliphatic heterocycles. The standard InChI is InChI=1S/C20H25ClN2O2S.ClH/c21-17-6-1-4-15-5-2-7-18(20(15)17)26-14-19(24)23-11-8-16(9-12-23)25-13-3-10-22;/h1-2,4-7,16H,3,8-14,22H2;1H. The van der Waals surface area contributed by atoms with Crippen molar-refractivity contribution in [1.29, 1.82) is 0 Å². The number of benzene rings is 2. The third-order valence-electron chi connectivity index (χ3n) is 4.66. The Morgan fingerprint density at radius 1 is 1.22 bits per heavy atom. The van der Waals surface area contributed by atoms with Crippen molar-refractivity contribution >= 4 is 52.4 Å². The second-order valence-electron chi connectivity index (χ2n) is 6.48. The van der Waals surface area contributed by atoms with Crippen molar-refractivity contribution < 1.29 is 9.53 Å². The van der Waals surface area contributed by atoms with Crippen molar-refractivity contribution in [3.8, 4) is 0 Å². The number of hydrogen-bond donors (Lipinski definition) is 1. The average molecular weight is 429 g/mol. The molecule has 2 N–H and O–H groups in total. The summed E-state index contributed by atoms with van der Waals surface area (Å²) in [4.78, 5) is 15.6. The lowest BCUT2D eigenvalue weighted by atomic mass is 10.1. The zero-order valence-corrected chi connectivity index (χ0v) is 17.6. The van der Waals surface area contributed by atoms with Crippen molar-refractivity contribution in [3.05, 3.63) is 41.4 Å². The van der Waals surface area contributed by atoms with Crippen LogP contribution in [0, 0.1) is 0 Å². The van der Waals surface area contributed by atoms with E-state index in [4.69, 9.17) is 22.1 Å². The molecule has 1 heterocycles. The number of ether oxygens (including phenoxy) is 1. The first-order valence-corrected chi connectivity index (χ1v) is 10.4. The first kappa shape index (κ1) is 22.3. The second-order valence-corrected chi connectivity index (χ2v) is 7.90. The van der Waals surface area contributed by atoms with Gasteiger partial charge in [-0.15, -0.1) is 24.2 Å². The molecule has 2 aromatic rings. The lowest BCUT2D eigenvalue weighted by Crippen LogP contribution is -2.41. The lowest BCUT2D eigenvalue weighted by molar-refractivity contribution is -0.130. The summed E-state index contributed by atoms with van der Waals surface area (Å²) in [7, 11) is 0. The Morgan fingerprint density at radius 3 is 2.63 bits per heavy atom. The maximum Gasteiger partial charge on any atom is 0.232 e. The van der Waals surface area contributed by atoms with Gasteiger partial charge >= 0.3 is 0 Å². The first-order valence-electron chi connectivity index (χ1n) is 9.08. The number of nitrogens with two attached hydrogens (primary N) is 1. The Balaban J connectivity index is 0.00000261. The number of thioether (sulfide) groups is 1. The minimum absolute atomic E-state index is 0. The number of fused-ring (bicyclic) bond motifs is 1. The molecule has 1 aliphatic rings. The highest BCUT2D eigenvalue weighted by atomic mass is 35.5. The summed E-state index contributed by atoms with van der Waals surface area (Å²) in [5, 5.41) is 2.86. The molecule has 0 bridgehead atoms. The van der Waals surface area contributed by atoms with E-state index in [9.17, 15) is 4.79 Å². The molecule has 0 aliphatic carbocycles. The van der Waals surface area contributed by atoms with Crippen molar-refractivity contribution in [2.75, 3.05) is 32.0 Å². The molecule has 0 saturated carbocycles. The predicted octanol–water partition coefficient (Wildman–Crippen LogP) is 4.36. The summed E-state index contributed by atoms with van der Waals surface area (Å²) in [6.45, 7) is 2.91. The monoisotopic (exact) mass is 428 g/mol. The Kier molecular flexibility index (Phi) is 9.19. The van der Waals surface area contributed by atoms with Crippen LogP contribution in [0.4, 0.5) is 0 Å². The fourth-order valence-corrected chi connectivity index (χ4v) is 4.57. The van der Waals surface area contributed by atoms with Gasteiger partial charge in [-0.3, -0.25) is 4.79 Å². The Labute approximate surface area is 176 Å². The summed E-state index contributed by atoms with van der Waals surface area (Å²) in [6.07, 6.45) is 2.96. The van der Waals surface area contributed by atoms with Crippen LogP contribution in [-0.2, 0) is 9.53 Å². The number of hydrogen-bond acceptors (Lipinski definition) is 4. The molecule has 3 rings (SSSR count). The molecule has 0 aromatic heterocycles. The number of carbonyl (C=O) groups is 1. The molecule has 2 aromatic carbocycles. The van der Waals surface area contributed by atoms with Gasteiger partial charge in [-0.2, -0.15) is 0 Å². The van der Waals surface area contributed by atoms with Crippen molar-refractivity contribution in [2.24, 2.45) is 5.73 Å². The number of piperidine rings is 1. The van der Waals surface area contributed by atoms with Crippen LogP contribution in [0.2, 0.25) is 5.02 Å². The van der Waals surface area contributed by atoms with Crippen LogP contribution < -0.4 is 5.73 Å². The zero-order valence-electron chi connectivity index (χ0n) is 15.2. The van der Waals surface area contributed by atoms with Gasteiger partial charge in [-0.05, 0) is 43.3 Å². The van der Waals surface area contributed by atoms with Crippen molar-refractivity contribution in [2.45, 2.75) is 30.3 Å².